The van der Waals surface area contributed by atoms with Gasteiger partial charge in [-0.25, -0.2) is 0 Å². The van der Waals surface area contributed by atoms with Crippen LogP contribution in [0.3, 0.4) is 0 Å². The number of hydrogen-bond donors (Lipinski definition) is 1. The van der Waals surface area contributed by atoms with E-state index in [4.69, 9.17) is 10.3 Å². The summed E-state index contributed by atoms with van der Waals surface area (Å²) in [4.78, 5) is 2.55. The van der Waals surface area contributed by atoms with Crippen molar-refractivity contribution in [2.75, 3.05) is 13.1 Å². The Morgan fingerprint density at radius 2 is 2.06 bits per heavy atom. The number of aromatic nitrogens is 1. The summed E-state index contributed by atoms with van der Waals surface area (Å²) in [6.07, 6.45) is 4.95. The van der Waals surface area contributed by atoms with Crippen LogP contribution in [0.4, 0.5) is 0 Å². The molecule has 0 radical (unpaired) electrons. The van der Waals surface area contributed by atoms with Crippen molar-refractivity contribution in [2.45, 2.75) is 57.0 Å². The predicted molar refractivity (Wildman–Crippen MR) is 70.4 cm³/mol. The molecule has 1 fully saturated rings. The number of fused-ring (bicyclic) bond motifs is 2. The lowest BCUT2D eigenvalue weighted by atomic mass is 9.71. The van der Waals surface area contributed by atoms with Crippen molar-refractivity contribution >= 4 is 0 Å². The number of piperidine rings is 1. The highest BCUT2D eigenvalue weighted by molar-refractivity contribution is 5.36. The summed E-state index contributed by atoms with van der Waals surface area (Å²) >= 11 is 0. The maximum Gasteiger partial charge on any atom is 0.127 e. The molecule has 100 valence electrons. The molecule has 1 aromatic rings. The lowest BCUT2D eigenvalue weighted by Gasteiger charge is -2.46. The Morgan fingerprint density at radius 1 is 1.39 bits per heavy atom. The second-order valence-electron chi connectivity index (χ2n) is 6.80. The van der Waals surface area contributed by atoms with Crippen molar-refractivity contribution in [1.29, 1.82) is 0 Å². The van der Waals surface area contributed by atoms with Crippen molar-refractivity contribution in [3.05, 3.63) is 17.5 Å². The fraction of sp³-hybridized carbons (Fsp3) is 0.786. The highest BCUT2D eigenvalue weighted by Crippen LogP contribution is 2.45. The minimum atomic E-state index is 0.122. The van der Waals surface area contributed by atoms with Gasteiger partial charge in [-0.3, -0.25) is 4.90 Å². The Bertz CT molecular complexity index is 438. The van der Waals surface area contributed by atoms with E-state index in [1.807, 2.05) is 6.26 Å². The van der Waals surface area contributed by atoms with Gasteiger partial charge in [-0.1, -0.05) is 5.16 Å². The summed E-state index contributed by atoms with van der Waals surface area (Å²) in [7, 11) is 0. The maximum atomic E-state index is 6.39. The summed E-state index contributed by atoms with van der Waals surface area (Å²) in [5.41, 5.74) is 9.14. The molecule has 0 amide bonds. The molecule has 0 unspecified atom stereocenters. The van der Waals surface area contributed by atoms with E-state index in [2.05, 4.69) is 30.8 Å². The Balaban J connectivity index is 1.84. The molecule has 1 aliphatic heterocycles. The molecule has 2 heterocycles. The number of hydrogen-bond acceptors (Lipinski definition) is 4. The molecule has 1 spiro atoms. The molecule has 2 N–H and O–H groups in total. The van der Waals surface area contributed by atoms with Crippen LogP contribution >= 0.6 is 0 Å². The zero-order valence-corrected chi connectivity index (χ0v) is 11.6. The van der Waals surface area contributed by atoms with Gasteiger partial charge in [0.15, 0.2) is 0 Å². The number of rotatable bonds is 0. The van der Waals surface area contributed by atoms with Crippen LogP contribution in [0, 0.1) is 0 Å². The van der Waals surface area contributed by atoms with Gasteiger partial charge < -0.3 is 10.3 Å². The molecule has 0 saturated carbocycles. The van der Waals surface area contributed by atoms with Crippen LogP contribution in [0.1, 0.15) is 44.9 Å². The van der Waals surface area contributed by atoms with Crippen LogP contribution in [0.25, 0.3) is 0 Å². The second-order valence-corrected chi connectivity index (χ2v) is 6.80. The fourth-order valence-electron chi connectivity index (χ4n) is 3.63. The zero-order valence-electron chi connectivity index (χ0n) is 11.6. The number of nitrogens with zero attached hydrogens (tertiary/aromatic N) is 2. The van der Waals surface area contributed by atoms with E-state index in [1.54, 1.807) is 0 Å². The Kier molecular flexibility index (Phi) is 2.58. The average Bonchev–Trinajstić information content (AvgIpc) is 2.83. The topological polar surface area (TPSA) is 55.3 Å². The van der Waals surface area contributed by atoms with Crippen molar-refractivity contribution in [3.8, 4) is 0 Å². The van der Waals surface area contributed by atoms with Crippen LogP contribution < -0.4 is 5.73 Å². The molecule has 4 nitrogen and oxygen atoms in total. The van der Waals surface area contributed by atoms with E-state index in [0.29, 0.717) is 0 Å². The van der Waals surface area contributed by atoms with Crippen LogP contribution in [-0.4, -0.2) is 34.7 Å². The summed E-state index contributed by atoms with van der Waals surface area (Å²) in [5.74, 6) is 0. The van der Waals surface area contributed by atoms with Crippen LogP contribution in [0.15, 0.2) is 10.8 Å². The molecule has 1 saturated heterocycles. The van der Waals surface area contributed by atoms with Crippen molar-refractivity contribution in [3.63, 3.8) is 0 Å². The molecule has 3 rings (SSSR count). The molecule has 1 aliphatic carbocycles. The lowest BCUT2D eigenvalue weighted by Crippen LogP contribution is -2.54. The molecule has 2 aliphatic rings. The third-order valence-corrected chi connectivity index (χ3v) is 4.91. The van der Waals surface area contributed by atoms with Crippen LogP contribution in [0.5, 0.6) is 0 Å². The molecule has 1 atom stereocenters. The number of likely N-dealkylation sites (tertiary alicyclic amines) is 1. The van der Waals surface area contributed by atoms with E-state index in [-0.39, 0.29) is 17.0 Å². The Hall–Kier alpha value is -0.870. The van der Waals surface area contributed by atoms with Crippen LogP contribution in [-0.2, 0) is 11.8 Å². The van der Waals surface area contributed by atoms with Gasteiger partial charge in [-0.2, -0.15) is 0 Å². The summed E-state index contributed by atoms with van der Waals surface area (Å²) in [6, 6.07) is 0.216. The molecule has 0 aromatic carbocycles. The van der Waals surface area contributed by atoms with E-state index < -0.39 is 0 Å². The summed E-state index contributed by atoms with van der Waals surface area (Å²) in [6.45, 7) is 9.07. The molecular formula is C14H23N3O. The SMILES string of the molecule is CC(C)(C)N1CCC2(CC1)c1conc1C[C@H]2N. The maximum absolute atomic E-state index is 6.39. The predicted octanol–water partition coefficient (Wildman–Crippen LogP) is 1.69. The van der Waals surface area contributed by atoms with Gasteiger partial charge in [0.2, 0.25) is 0 Å². The average molecular weight is 249 g/mol. The van der Waals surface area contributed by atoms with E-state index in [1.165, 1.54) is 5.56 Å². The molecule has 18 heavy (non-hydrogen) atoms. The molecule has 0 bridgehead atoms. The van der Waals surface area contributed by atoms with Gasteiger partial charge in [0.1, 0.15) is 6.26 Å². The van der Waals surface area contributed by atoms with Gasteiger partial charge in [0.05, 0.1) is 5.69 Å². The fourth-order valence-corrected chi connectivity index (χ4v) is 3.63. The van der Waals surface area contributed by atoms with Gasteiger partial charge >= 0.3 is 0 Å². The van der Waals surface area contributed by atoms with E-state index in [0.717, 1.165) is 38.0 Å². The van der Waals surface area contributed by atoms with E-state index >= 15 is 0 Å². The first-order valence-electron chi connectivity index (χ1n) is 6.88. The second kappa shape index (κ2) is 3.81. The Labute approximate surface area is 108 Å². The smallest absolute Gasteiger partial charge is 0.127 e. The Morgan fingerprint density at radius 3 is 2.67 bits per heavy atom. The normalized spacial score (nSPS) is 27.7. The van der Waals surface area contributed by atoms with Crippen molar-refractivity contribution < 1.29 is 4.52 Å². The first-order chi connectivity index (χ1) is 8.43. The monoisotopic (exact) mass is 249 g/mol. The van der Waals surface area contributed by atoms with Crippen molar-refractivity contribution in [1.82, 2.24) is 10.1 Å². The number of nitrogens with two attached hydrogens (primary N) is 1. The van der Waals surface area contributed by atoms with Gasteiger partial charge in [-0.15, -0.1) is 0 Å². The quantitative estimate of drug-likeness (QED) is 0.760. The minimum absolute atomic E-state index is 0.122. The zero-order chi connectivity index (χ0) is 13.0. The minimum Gasteiger partial charge on any atom is -0.364 e. The largest absolute Gasteiger partial charge is 0.364 e. The highest BCUT2D eigenvalue weighted by Gasteiger charge is 2.49. The first kappa shape index (κ1) is 12.2. The van der Waals surface area contributed by atoms with E-state index in [9.17, 15) is 0 Å². The van der Waals surface area contributed by atoms with Gasteiger partial charge in [0, 0.05) is 29.0 Å². The van der Waals surface area contributed by atoms with Crippen molar-refractivity contribution in [2.24, 2.45) is 5.73 Å². The lowest BCUT2D eigenvalue weighted by molar-refractivity contribution is 0.0683. The summed E-state index contributed by atoms with van der Waals surface area (Å²) < 4.78 is 5.14. The van der Waals surface area contributed by atoms with Gasteiger partial charge in [-0.05, 0) is 46.7 Å². The standard InChI is InChI=1S/C14H23N3O/c1-13(2,3)17-6-4-14(5-7-17)10-9-18-16-11(10)8-12(14)15/h9,12H,4-8,15H2,1-3H3/t12-/m1/s1. The molecule has 4 heteroatoms. The highest BCUT2D eigenvalue weighted by atomic mass is 16.5. The third-order valence-electron chi connectivity index (χ3n) is 4.91. The van der Waals surface area contributed by atoms with Crippen LogP contribution in [0.2, 0.25) is 0 Å². The third kappa shape index (κ3) is 1.62. The van der Waals surface area contributed by atoms with Gasteiger partial charge in [0.25, 0.3) is 0 Å². The summed E-state index contributed by atoms with van der Waals surface area (Å²) in [5, 5.41) is 4.10. The molecular weight excluding hydrogens is 226 g/mol. The first-order valence-corrected chi connectivity index (χ1v) is 6.88. The molecule has 1 aromatic heterocycles.